The Morgan fingerprint density at radius 1 is 1.53 bits per heavy atom. The van der Waals surface area contributed by atoms with Gasteiger partial charge in [0, 0.05) is 26.3 Å². The van der Waals surface area contributed by atoms with Gasteiger partial charge >= 0.3 is 0 Å². The van der Waals surface area contributed by atoms with Crippen LogP contribution in [-0.2, 0) is 17.1 Å². The van der Waals surface area contributed by atoms with E-state index < -0.39 is 10.0 Å². The van der Waals surface area contributed by atoms with Crippen molar-refractivity contribution in [1.82, 2.24) is 14.1 Å². The van der Waals surface area contributed by atoms with Crippen LogP contribution in [0, 0.1) is 5.92 Å². The predicted molar refractivity (Wildman–Crippen MR) is 64.8 cm³/mol. The van der Waals surface area contributed by atoms with Crippen LogP contribution in [-0.4, -0.2) is 35.6 Å². The Bertz CT molecular complexity index is 508. The van der Waals surface area contributed by atoms with Crippen LogP contribution in [0.5, 0.6) is 0 Å². The molecule has 0 spiro atoms. The number of aryl methyl sites for hydroxylation is 1. The predicted octanol–water partition coefficient (Wildman–Crippen LogP) is 0.423. The van der Waals surface area contributed by atoms with Gasteiger partial charge in [0.1, 0.15) is 4.90 Å². The number of nitrogens with two attached hydrogens (primary N) is 1. The zero-order chi connectivity index (χ0) is 12.6. The molecule has 1 fully saturated rings. The van der Waals surface area contributed by atoms with Crippen molar-refractivity contribution in [2.45, 2.75) is 24.7 Å². The van der Waals surface area contributed by atoms with Crippen LogP contribution in [0.3, 0.4) is 0 Å². The number of anilines is 1. The molecule has 2 heterocycles. The summed E-state index contributed by atoms with van der Waals surface area (Å²) in [7, 11) is -1.82. The summed E-state index contributed by atoms with van der Waals surface area (Å²) in [5.41, 5.74) is 5.63. The quantitative estimate of drug-likeness (QED) is 0.833. The summed E-state index contributed by atoms with van der Waals surface area (Å²) in [4.78, 5) is 0.120. The molecule has 1 aliphatic rings. The fourth-order valence-corrected chi connectivity index (χ4v) is 3.88. The molecular formula is C10H18N4O2S. The lowest BCUT2D eigenvalue weighted by atomic mass is 10.0. The van der Waals surface area contributed by atoms with Crippen LogP contribution in [0.2, 0.25) is 0 Å². The zero-order valence-electron chi connectivity index (χ0n) is 10.1. The van der Waals surface area contributed by atoms with Crippen LogP contribution >= 0.6 is 0 Å². The summed E-state index contributed by atoms with van der Waals surface area (Å²) in [6.07, 6.45) is 3.44. The summed E-state index contributed by atoms with van der Waals surface area (Å²) in [6, 6.07) is 0. The summed E-state index contributed by atoms with van der Waals surface area (Å²) >= 11 is 0. The van der Waals surface area contributed by atoms with Crippen LogP contribution in [0.4, 0.5) is 5.82 Å². The van der Waals surface area contributed by atoms with Crippen molar-refractivity contribution in [2.75, 3.05) is 18.8 Å². The highest BCUT2D eigenvalue weighted by Crippen LogP contribution is 2.25. The van der Waals surface area contributed by atoms with Gasteiger partial charge in [0.05, 0.1) is 0 Å². The van der Waals surface area contributed by atoms with E-state index in [0.29, 0.717) is 19.0 Å². The molecule has 1 aromatic rings. The van der Waals surface area contributed by atoms with E-state index in [0.717, 1.165) is 12.8 Å². The third kappa shape index (κ3) is 2.30. The molecule has 6 nitrogen and oxygen atoms in total. The molecule has 0 bridgehead atoms. The molecule has 0 aliphatic carbocycles. The number of sulfonamides is 1. The average Bonchev–Trinajstić information content (AvgIpc) is 2.58. The smallest absolute Gasteiger partial charge is 0.248 e. The van der Waals surface area contributed by atoms with Crippen molar-refractivity contribution in [3.05, 3.63) is 6.20 Å². The second-order valence-corrected chi connectivity index (χ2v) is 6.57. The molecule has 1 aliphatic heterocycles. The van der Waals surface area contributed by atoms with Gasteiger partial charge in [-0.15, -0.1) is 0 Å². The van der Waals surface area contributed by atoms with Gasteiger partial charge in [-0.25, -0.2) is 8.42 Å². The largest absolute Gasteiger partial charge is 0.381 e. The summed E-state index contributed by atoms with van der Waals surface area (Å²) in [5, 5.41) is 3.88. The second kappa shape index (κ2) is 4.30. The summed E-state index contributed by atoms with van der Waals surface area (Å²) in [6.45, 7) is 3.20. The number of aromatic nitrogens is 2. The standard InChI is InChI=1S/C10H18N4O2S/c1-8-4-3-5-14(6-8)17(15,16)9-7-13(2)12-10(9)11/h7-8H,3-6H2,1-2H3,(H2,11,12). The van der Waals surface area contributed by atoms with Crippen molar-refractivity contribution in [3.63, 3.8) is 0 Å². The Morgan fingerprint density at radius 3 is 2.76 bits per heavy atom. The lowest BCUT2D eigenvalue weighted by molar-refractivity contribution is 0.281. The van der Waals surface area contributed by atoms with Gasteiger partial charge in [-0.1, -0.05) is 6.92 Å². The van der Waals surface area contributed by atoms with Crippen LogP contribution < -0.4 is 5.73 Å². The van der Waals surface area contributed by atoms with Crippen molar-refractivity contribution in [1.29, 1.82) is 0 Å². The van der Waals surface area contributed by atoms with Gasteiger partial charge in [0.2, 0.25) is 10.0 Å². The number of rotatable bonds is 2. The van der Waals surface area contributed by atoms with Crippen molar-refractivity contribution >= 4 is 15.8 Å². The Balaban J connectivity index is 2.33. The monoisotopic (exact) mass is 258 g/mol. The number of nitrogens with zero attached hydrogens (tertiary/aromatic N) is 3. The molecule has 0 aromatic carbocycles. The molecular weight excluding hydrogens is 240 g/mol. The van der Waals surface area contributed by atoms with E-state index >= 15 is 0 Å². The number of piperidine rings is 1. The maximum absolute atomic E-state index is 12.4. The Hall–Kier alpha value is -1.08. The van der Waals surface area contributed by atoms with Crippen molar-refractivity contribution in [2.24, 2.45) is 13.0 Å². The molecule has 2 rings (SSSR count). The van der Waals surface area contributed by atoms with E-state index in [1.165, 1.54) is 15.2 Å². The van der Waals surface area contributed by atoms with E-state index in [1.807, 2.05) is 0 Å². The van der Waals surface area contributed by atoms with Crippen LogP contribution in [0.1, 0.15) is 19.8 Å². The highest BCUT2D eigenvalue weighted by molar-refractivity contribution is 7.89. The van der Waals surface area contributed by atoms with Crippen molar-refractivity contribution < 1.29 is 8.42 Å². The molecule has 17 heavy (non-hydrogen) atoms. The molecule has 1 unspecified atom stereocenters. The first-order valence-corrected chi connectivity index (χ1v) is 7.14. The molecule has 7 heteroatoms. The second-order valence-electron chi connectivity index (χ2n) is 4.66. The minimum Gasteiger partial charge on any atom is -0.381 e. The Kier molecular flexibility index (Phi) is 3.13. The van der Waals surface area contributed by atoms with Gasteiger partial charge in [-0.05, 0) is 18.8 Å². The average molecular weight is 258 g/mol. The van der Waals surface area contributed by atoms with E-state index in [1.54, 1.807) is 7.05 Å². The van der Waals surface area contributed by atoms with E-state index in [-0.39, 0.29) is 10.7 Å². The molecule has 0 radical (unpaired) electrons. The summed E-state index contributed by atoms with van der Waals surface area (Å²) < 4.78 is 27.7. The highest BCUT2D eigenvalue weighted by Gasteiger charge is 2.31. The van der Waals surface area contributed by atoms with Gasteiger partial charge < -0.3 is 5.73 Å². The molecule has 1 aromatic heterocycles. The fourth-order valence-electron chi connectivity index (χ4n) is 2.19. The van der Waals surface area contributed by atoms with Crippen LogP contribution in [0.25, 0.3) is 0 Å². The molecule has 96 valence electrons. The zero-order valence-corrected chi connectivity index (χ0v) is 10.9. The van der Waals surface area contributed by atoms with E-state index in [9.17, 15) is 8.42 Å². The Labute approximate surface area is 101 Å². The topological polar surface area (TPSA) is 81.2 Å². The van der Waals surface area contributed by atoms with Crippen LogP contribution in [0.15, 0.2) is 11.1 Å². The normalized spacial score (nSPS) is 22.8. The minimum absolute atomic E-state index is 0.0747. The van der Waals surface area contributed by atoms with E-state index in [2.05, 4.69) is 12.0 Å². The van der Waals surface area contributed by atoms with Crippen molar-refractivity contribution in [3.8, 4) is 0 Å². The lowest BCUT2D eigenvalue weighted by Crippen LogP contribution is -2.39. The maximum atomic E-state index is 12.4. The Morgan fingerprint density at radius 2 is 2.24 bits per heavy atom. The molecule has 1 saturated heterocycles. The van der Waals surface area contributed by atoms with Gasteiger partial charge in [-0.2, -0.15) is 9.40 Å². The molecule has 2 N–H and O–H groups in total. The minimum atomic E-state index is -3.48. The number of hydrogen-bond acceptors (Lipinski definition) is 4. The fraction of sp³-hybridized carbons (Fsp3) is 0.700. The molecule has 0 saturated carbocycles. The van der Waals surface area contributed by atoms with E-state index in [4.69, 9.17) is 5.73 Å². The lowest BCUT2D eigenvalue weighted by Gasteiger charge is -2.29. The molecule has 0 amide bonds. The molecule has 1 atom stereocenters. The highest BCUT2D eigenvalue weighted by atomic mass is 32.2. The first kappa shape index (κ1) is 12.4. The number of nitrogen functional groups attached to an aromatic ring is 1. The van der Waals surface area contributed by atoms with Gasteiger partial charge in [-0.3, -0.25) is 4.68 Å². The summed E-state index contributed by atoms with van der Waals surface area (Å²) in [5.74, 6) is 0.474. The van der Waals surface area contributed by atoms with Gasteiger partial charge in [0.15, 0.2) is 5.82 Å². The van der Waals surface area contributed by atoms with Gasteiger partial charge in [0.25, 0.3) is 0 Å². The maximum Gasteiger partial charge on any atom is 0.248 e. The number of hydrogen-bond donors (Lipinski definition) is 1. The third-order valence-electron chi connectivity index (χ3n) is 3.06. The SMILES string of the molecule is CC1CCCN(S(=O)(=O)c2cn(C)nc2N)C1. The first-order valence-electron chi connectivity index (χ1n) is 5.70. The first-order chi connectivity index (χ1) is 7.91. The third-order valence-corrected chi connectivity index (χ3v) is 4.94.